The summed E-state index contributed by atoms with van der Waals surface area (Å²) in [6, 6.07) is 12.5. The van der Waals surface area contributed by atoms with Crippen molar-refractivity contribution < 1.29 is 13.9 Å². The van der Waals surface area contributed by atoms with Gasteiger partial charge in [-0.3, -0.25) is 14.3 Å². The van der Waals surface area contributed by atoms with Crippen LogP contribution in [0.5, 0.6) is 0 Å². The standard InChI is InChI=1S/C20H23N3O4/c1-15(16-8-5-6-11-21-16)22(12-7-13-26-2)19(24)14-23-17-9-3-4-10-18(17)27-20(23)25/h3-6,8-11,15H,7,12-14H2,1-2H3/t15-/m1/s1. The average molecular weight is 369 g/mol. The minimum absolute atomic E-state index is 0.0833. The maximum absolute atomic E-state index is 13.1. The van der Waals surface area contributed by atoms with E-state index in [4.69, 9.17) is 9.15 Å². The molecule has 27 heavy (non-hydrogen) atoms. The molecule has 3 aromatic rings. The van der Waals surface area contributed by atoms with E-state index in [1.807, 2.05) is 31.2 Å². The van der Waals surface area contributed by atoms with Gasteiger partial charge in [0.05, 0.1) is 17.3 Å². The van der Waals surface area contributed by atoms with Crippen LogP contribution in [-0.4, -0.2) is 40.6 Å². The molecule has 1 atom stereocenters. The first-order chi connectivity index (χ1) is 13.1. The number of oxazole rings is 1. The number of benzene rings is 1. The summed E-state index contributed by atoms with van der Waals surface area (Å²) in [6.07, 6.45) is 2.40. The van der Waals surface area contributed by atoms with Crippen molar-refractivity contribution in [2.24, 2.45) is 0 Å². The number of nitrogens with zero attached hydrogens (tertiary/aromatic N) is 3. The van der Waals surface area contributed by atoms with Crippen molar-refractivity contribution in [3.8, 4) is 0 Å². The Bertz CT molecular complexity index is 949. The lowest BCUT2D eigenvalue weighted by atomic mass is 10.1. The lowest BCUT2D eigenvalue weighted by Gasteiger charge is -2.29. The van der Waals surface area contributed by atoms with E-state index in [1.165, 1.54) is 4.57 Å². The summed E-state index contributed by atoms with van der Waals surface area (Å²) in [7, 11) is 1.63. The maximum Gasteiger partial charge on any atom is 0.420 e. The third-order valence-corrected chi connectivity index (χ3v) is 4.52. The highest BCUT2D eigenvalue weighted by Gasteiger charge is 2.24. The van der Waals surface area contributed by atoms with Crippen molar-refractivity contribution in [2.75, 3.05) is 20.3 Å². The average Bonchev–Trinajstić information content (AvgIpc) is 3.01. The van der Waals surface area contributed by atoms with Gasteiger partial charge in [-0.15, -0.1) is 0 Å². The van der Waals surface area contributed by atoms with Crippen LogP contribution in [0.4, 0.5) is 0 Å². The molecule has 0 N–H and O–H groups in total. The number of pyridine rings is 1. The van der Waals surface area contributed by atoms with Gasteiger partial charge in [0.25, 0.3) is 0 Å². The van der Waals surface area contributed by atoms with Crippen molar-refractivity contribution in [3.63, 3.8) is 0 Å². The van der Waals surface area contributed by atoms with Crippen LogP contribution in [0.2, 0.25) is 0 Å². The molecular weight excluding hydrogens is 346 g/mol. The Hall–Kier alpha value is -2.93. The first kappa shape index (κ1) is 18.8. The third kappa shape index (κ3) is 4.25. The highest BCUT2D eigenvalue weighted by atomic mass is 16.5. The molecular formula is C20H23N3O4. The Balaban J connectivity index is 1.85. The number of fused-ring (bicyclic) bond motifs is 1. The van der Waals surface area contributed by atoms with Crippen LogP contribution >= 0.6 is 0 Å². The van der Waals surface area contributed by atoms with Crippen molar-refractivity contribution >= 4 is 17.0 Å². The van der Waals surface area contributed by atoms with E-state index in [2.05, 4.69) is 4.98 Å². The summed E-state index contributed by atoms with van der Waals surface area (Å²) < 4.78 is 11.7. The minimum atomic E-state index is -0.535. The zero-order valence-corrected chi connectivity index (χ0v) is 15.5. The molecule has 0 unspecified atom stereocenters. The summed E-state index contributed by atoms with van der Waals surface area (Å²) in [5.74, 6) is -0.704. The molecule has 0 saturated heterocycles. The van der Waals surface area contributed by atoms with Gasteiger partial charge in [-0.2, -0.15) is 0 Å². The van der Waals surface area contributed by atoms with E-state index in [-0.39, 0.29) is 18.5 Å². The van der Waals surface area contributed by atoms with Gasteiger partial charge < -0.3 is 14.1 Å². The van der Waals surface area contributed by atoms with E-state index in [0.29, 0.717) is 30.7 Å². The number of hydrogen-bond acceptors (Lipinski definition) is 5. The topological polar surface area (TPSA) is 77.6 Å². The fourth-order valence-electron chi connectivity index (χ4n) is 3.09. The molecule has 0 spiro atoms. The lowest BCUT2D eigenvalue weighted by molar-refractivity contribution is -0.134. The summed E-state index contributed by atoms with van der Waals surface area (Å²) in [5, 5.41) is 0. The van der Waals surface area contributed by atoms with E-state index < -0.39 is 5.76 Å². The number of ether oxygens (including phenoxy) is 1. The van der Waals surface area contributed by atoms with Gasteiger partial charge in [0, 0.05) is 26.5 Å². The molecule has 7 heteroatoms. The Kier molecular flexibility index (Phi) is 6.03. The molecule has 0 aliphatic carbocycles. The number of hydrogen-bond donors (Lipinski definition) is 0. The zero-order valence-electron chi connectivity index (χ0n) is 15.5. The van der Waals surface area contributed by atoms with E-state index >= 15 is 0 Å². The maximum atomic E-state index is 13.1. The summed E-state index contributed by atoms with van der Waals surface area (Å²) in [6.45, 7) is 2.91. The molecule has 2 aromatic heterocycles. The number of carbonyl (C=O) groups is 1. The Morgan fingerprint density at radius 3 is 2.78 bits per heavy atom. The van der Waals surface area contributed by atoms with Gasteiger partial charge in [0.2, 0.25) is 5.91 Å². The zero-order chi connectivity index (χ0) is 19.2. The highest BCUT2D eigenvalue weighted by Crippen LogP contribution is 2.20. The summed E-state index contributed by atoms with van der Waals surface area (Å²) in [5.41, 5.74) is 1.88. The predicted molar refractivity (Wildman–Crippen MR) is 101 cm³/mol. The summed E-state index contributed by atoms with van der Waals surface area (Å²) in [4.78, 5) is 31.4. The highest BCUT2D eigenvalue weighted by molar-refractivity contribution is 5.80. The first-order valence-corrected chi connectivity index (χ1v) is 8.89. The second kappa shape index (κ2) is 8.64. The molecule has 3 rings (SSSR count). The predicted octanol–water partition coefficient (Wildman–Crippen LogP) is 2.62. The molecule has 1 amide bonds. The smallest absolute Gasteiger partial charge is 0.408 e. The van der Waals surface area contributed by atoms with Gasteiger partial charge in [-0.1, -0.05) is 18.2 Å². The van der Waals surface area contributed by atoms with Gasteiger partial charge in [0.15, 0.2) is 5.58 Å². The number of para-hydroxylation sites is 2. The van der Waals surface area contributed by atoms with Gasteiger partial charge >= 0.3 is 5.76 Å². The number of aromatic nitrogens is 2. The van der Waals surface area contributed by atoms with Crippen LogP contribution in [0.25, 0.3) is 11.1 Å². The van der Waals surface area contributed by atoms with Gasteiger partial charge in [-0.05, 0) is 37.6 Å². The molecule has 7 nitrogen and oxygen atoms in total. The van der Waals surface area contributed by atoms with E-state index in [1.54, 1.807) is 36.4 Å². The SMILES string of the molecule is COCCCN(C(=O)Cn1c(=O)oc2ccccc21)[C@H](C)c1ccccn1. The van der Waals surface area contributed by atoms with Crippen molar-refractivity contribution in [1.82, 2.24) is 14.5 Å². The Morgan fingerprint density at radius 1 is 1.26 bits per heavy atom. The number of rotatable bonds is 8. The van der Waals surface area contributed by atoms with Crippen LogP contribution < -0.4 is 5.76 Å². The molecule has 2 heterocycles. The van der Waals surface area contributed by atoms with E-state index in [9.17, 15) is 9.59 Å². The van der Waals surface area contributed by atoms with E-state index in [0.717, 1.165) is 5.69 Å². The van der Waals surface area contributed by atoms with Crippen molar-refractivity contribution in [3.05, 3.63) is 64.9 Å². The first-order valence-electron chi connectivity index (χ1n) is 8.89. The Labute approximate surface area is 157 Å². The molecule has 0 fully saturated rings. The number of carbonyl (C=O) groups excluding carboxylic acids is 1. The molecule has 0 saturated carbocycles. The third-order valence-electron chi connectivity index (χ3n) is 4.52. The van der Waals surface area contributed by atoms with Gasteiger partial charge in [0.1, 0.15) is 6.54 Å². The quantitative estimate of drug-likeness (QED) is 0.571. The molecule has 1 aromatic carbocycles. The lowest BCUT2D eigenvalue weighted by Crippen LogP contribution is -2.38. The van der Waals surface area contributed by atoms with Gasteiger partial charge in [-0.25, -0.2) is 4.79 Å². The van der Waals surface area contributed by atoms with Crippen LogP contribution in [0, 0.1) is 0 Å². The number of amides is 1. The molecule has 0 aliphatic rings. The van der Waals surface area contributed by atoms with Crippen LogP contribution in [0.3, 0.4) is 0 Å². The van der Waals surface area contributed by atoms with Crippen LogP contribution in [0.15, 0.2) is 57.9 Å². The van der Waals surface area contributed by atoms with Crippen molar-refractivity contribution in [2.45, 2.75) is 25.9 Å². The largest absolute Gasteiger partial charge is 0.420 e. The normalized spacial score (nSPS) is 12.2. The monoisotopic (exact) mass is 369 g/mol. The molecule has 0 aliphatic heterocycles. The number of methoxy groups -OCH3 is 1. The minimum Gasteiger partial charge on any atom is -0.408 e. The molecule has 0 bridgehead atoms. The fraction of sp³-hybridized carbons (Fsp3) is 0.350. The summed E-state index contributed by atoms with van der Waals surface area (Å²) >= 11 is 0. The fourth-order valence-corrected chi connectivity index (χ4v) is 3.09. The molecule has 0 radical (unpaired) electrons. The van der Waals surface area contributed by atoms with Crippen LogP contribution in [-0.2, 0) is 16.1 Å². The molecule has 142 valence electrons. The Morgan fingerprint density at radius 2 is 2.04 bits per heavy atom. The van der Waals surface area contributed by atoms with Crippen LogP contribution in [0.1, 0.15) is 25.1 Å². The second-order valence-corrected chi connectivity index (χ2v) is 6.29. The van der Waals surface area contributed by atoms with Crippen molar-refractivity contribution in [1.29, 1.82) is 0 Å². The second-order valence-electron chi connectivity index (χ2n) is 6.29.